The number of hydrogen-bond acceptors (Lipinski definition) is 3. The lowest BCUT2D eigenvalue weighted by Crippen LogP contribution is -2.23. The Kier molecular flexibility index (Phi) is 3.21. The van der Waals surface area contributed by atoms with Gasteiger partial charge in [-0.15, -0.1) is 11.8 Å². The molecule has 0 N–H and O–H groups in total. The van der Waals surface area contributed by atoms with Crippen molar-refractivity contribution < 1.29 is 9.90 Å². The highest BCUT2D eigenvalue weighted by Crippen LogP contribution is 2.33. The summed E-state index contributed by atoms with van der Waals surface area (Å²) < 4.78 is 0.00551. The van der Waals surface area contributed by atoms with Crippen molar-refractivity contribution in [3.63, 3.8) is 0 Å². The molecule has 2 nitrogen and oxygen atoms in total. The molecule has 0 saturated heterocycles. The standard InChI is InChI=1S/C11H14O2S/c1-11(2,3)14-9-7-5-4-6-8(9)10(12)13/h4-7H,1-3H3,(H,12,13)/p-1. The van der Waals surface area contributed by atoms with E-state index in [0.29, 0.717) is 0 Å². The summed E-state index contributed by atoms with van der Waals surface area (Å²) in [6.45, 7) is 6.14. The van der Waals surface area contributed by atoms with Crippen molar-refractivity contribution in [3.8, 4) is 0 Å². The zero-order valence-corrected chi connectivity index (χ0v) is 9.35. The summed E-state index contributed by atoms with van der Waals surface area (Å²) in [7, 11) is 0. The molecule has 1 aromatic rings. The van der Waals surface area contributed by atoms with Crippen LogP contribution in [0.1, 0.15) is 31.1 Å². The largest absolute Gasteiger partial charge is 0.545 e. The third kappa shape index (κ3) is 3.07. The van der Waals surface area contributed by atoms with Gasteiger partial charge in [-0.2, -0.15) is 0 Å². The van der Waals surface area contributed by atoms with Crippen LogP contribution in [-0.2, 0) is 0 Å². The molecule has 0 spiro atoms. The van der Waals surface area contributed by atoms with E-state index in [1.165, 1.54) is 11.8 Å². The van der Waals surface area contributed by atoms with Crippen LogP contribution in [0.5, 0.6) is 0 Å². The number of carboxylic acid groups (broad SMARTS) is 1. The van der Waals surface area contributed by atoms with Gasteiger partial charge in [-0.05, 0) is 6.07 Å². The number of benzene rings is 1. The van der Waals surface area contributed by atoms with E-state index in [2.05, 4.69) is 0 Å². The first-order chi connectivity index (χ1) is 6.40. The van der Waals surface area contributed by atoms with Crippen LogP contribution in [0.15, 0.2) is 29.2 Å². The van der Waals surface area contributed by atoms with E-state index in [1.807, 2.05) is 26.8 Å². The maximum atomic E-state index is 10.8. The lowest BCUT2D eigenvalue weighted by Gasteiger charge is -2.20. The third-order valence-corrected chi connectivity index (χ3v) is 2.71. The summed E-state index contributed by atoms with van der Waals surface area (Å²) >= 11 is 1.53. The first-order valence-electron chi connectivity index (χ1n) is 4.39. The maximum Gasteiger partial charge on any atom is 0.0726 e. The molecule has 0 bridgehead atoms. The Labute approximate surface area is 88.3 Å². The Morgan fingerprint density at radius 1 is 1.29 bits per heavy atom. The molecule has 0 aromatic heterocycles. The Morgan fingerprint density at radius 3 is 2.36 bits per heavy atom. The SMILES string of the molecule is CC(C)(C)Sc1ccccc1C(=O)[O-]. The Morgan fingerprint density at radius 2 is 1.86 bits per heavy atom. The summed E-state index contributed by atoms with van der Waals surface area (Å²) in [6, 6.07) is 6.92. The lowest BCUT2D eigenvalue weighted by atomic mass is 10.2. The highest BCUT2D eigenvalue weighted by atomic mass is 32.2. The van der Waals surface area contributed by atoms with Crippen molar-refractivity contribution in [1.82, 2.24) is 0 Å². The van der Waals surface area contributed by atoms with Gasteiger partial charge in [0.1, 0.15) is 0 Å². The number of rotatable bonds is 2. The summed E-state index contributed by atoms with van der Waals surface area (Å²) in [5, 5.41) is 10.8. The molecule has 0 aliphatic rings. The normalized spacial score (nSPS) is 11.4. The lowest BCUT2D eigenvalue weighted by molar-refractivity contribution is -0.255. The molecule has 14 heavy (non-hydrogen) atoms. The van der Waals surface area contributed by atoms with Gasteiger partial charge in [0.05, 0.1) is 5.97 Å². The van der Waals surface area contributed by atoms with Gasteiger partial charge in [-0.3, -0.25) is 0 Å². The average Bonchev–Trinajstić information content (AvgIpc) is 2.01. The molecule has 0 aliphatic heterocycles. The first kappa shape index (κ1) is 11.1. The molecular weight excluding hydrogens is 196 g/mol. The smallest absolute Gasteiger partial charge is 0.0726 e. The van der Waals surface area contributed by atoms with Gasteiger partial charge in [0.15, 0.2) is 0 Å². The van der Waals surface area contributed by atoms with Crippen molar-refractivity contribution >= 4 is 17.7 Å². The first-order valence-corrected chi connectivity index (χ1v) is 5.21. The van der Waals surface area contributed by atoms with Crippen LogP contribution in [0.3, 0.4) is 0 Å². The second-order valence-electron chi connectivity index (χ2n) is 4.00. The van der Waals surface area contributed by atoms with Crippen molar-refractivity contribution in [3.05, 3.63) is 29.8 Å². The average molecular weight is 209 g/mol. The topological polar surface area (TPSA) is 40.1 Å². The van der Waals surface area contributed by atoms with Crippen LogP contribution in [0.2, 0.25) is 0 Å². The van der Waals surface area contributed by atoms with E-state index in [1.54, 1.807) is 18.2 Å². The van der Waals surface area contributed by atoms with Crippen molar-refractivity contribution in [1.29, 1.82) is 0 Å². The van der Waals surface area contributed by atoms with E-state index in [0.717, 1.165) is 4.90 Å². The van der Waals surface area contributed by atoms with Gasteiger partial charge in [0.2, 0.25) is 0 Å². The van der Waals surface area contributed by atoms with Crippen LogP contribution in [0.4, 0.5) is 0 Å². The molecule has 0 aliphatic carbocycles. The van der Waals surface area contributed by atoms with Crippen LogP contribution in [-0.4, -0.2) is 10.7 Å². The van der Waals surface area contributed by atoms with Gasteiger partial charge in [-0.25, -0.2) is 0 Å². The van der Waals surface area contributed by atoms with E-state index >= 15 is 0 Å². The van der Waals surface area contributed by atoms with Crippen molar-refractivity contribution in [2.45, 2.75) is 30.4 Å². The Bertz CT molecular complexity index is 339. The van der Waals surface area contributed by atoms with E-state index in [9.17, 15) is 9.90 Å². The molecule has 0 atom stereocenters. The summed E-state index contributed by atoms with van der Waals surface area (Å²) in [5.41, 5.74) is 0.271. The number of carbonyl (C=O) groups excluding carboxylic acids is 1. The molecular formula is C11H13O2S-. The summed E-state index contributed by atoms with van der Waals surface area (Å²) in [4.78, 5) is 11.5. The summed E-state index contributed by atoms with van der Waals surface area (Å²) in [5.74, 6) is -1.11. The molecule has 0 saturated carbocycles. The van der Waals surface area contributed by atoms with Gasteiger partial charge in [0.25, 0.3) is 0 Å². The second kappa shape index (κ2) is 4.05. The molecule has 0 fully saturated rings. The monoisotopic (exact) mass is 209 g/mol. The molecule has 0 unspecified atom stereocenters. The molecule has 0 radical (unpaired) electrons. The quantitative estimate of drug-likeness (QED) is 0.699. The van der Waals surface area contributed by atoms with E-state index < -0.39 is 5.97 Å². The van der Waals surface area contributed by atoms with E-state index in [-0.39, 0.29) is 10.3 Å². The Hall–Kier alpha value is -0.960. The van der Waals surface area contributed by atoms with Crippen LogP contribution in [0, 0.1) is 0 Å². The zero-order valence-electron chi connectivity index (χ0n) is 8.53. The molecule has 0 amide bonds. The number of carbonyl (C=O) groups is 1. The number of aromatic carboxylic acids is 1. The molecule has 0 heterocycles. The minimum Gasteiger partial charge on any atom is -0.545 e. The molecule has 76 valence electrons. The molecule has 1 aromatic carbocycles. The second-order valence-corrected chi connectivity index (χ2v) is 5.87. The highest BCUT2D eigenvalue weighted by molar-refractivity contribution is 8.00. The molecule has 3 heteroatoms. The predicted molar refractivity (Wildman–Crippen MR) is 56.4 cm³/mol. The Balaban J connectivity index is 3.02. The van der Waals surface area contributed by atoms with Crippen LogP contribution >= 0.6 is 11.8 Å². The number of hydrogen-bond donors (Lipinski definition) is 0. The van der Waals surface area contributed by atoms with E-state index in [4.69, 9.17) is 0 Å². The fourth-order valence-electron chi connectivity index (χ4n) is 1.05. The zero-order chi connectivity index (χ0) is 10.8. The third-order valence-electron chi connectivity index (χ3n) is 1.52. The van der Waals surface area contributed by atoms with Gasteiger partial charge < -0.3 is 9.90 Å². The minimum absolute atomic E-state index is 0.00551. The van der Waals surface area contributed by atoms with Gasteiger partial charge >= 0.3 is 0 Å². The minimum atomic E-state index is -1.11. The number of thioether (sulfide) groups is 1. The number of carboxylic acids is 1. The highest BCUT2D eigenvalue weighted by Gasteiger charge is 2.14. The fraction of sp³-hybridized carbons (Fsp3) is 0.364. The predicted octanol–water partition coefficient (Wildman–Crippen LogP) is 1.94. The van der Waals surface area contributed by atoms with Gasteiger partial charge in [0, 0.05) is 15.2 Å². The fourth-order valence-corrected chi connectivity index (χ4v) is 2.12. The van der Waals surface area contributed by atoms with Gasteiger partial charge in [-0.1, -0.05) is 39.0 Å². The summed E-state index contributed by atoms with van der Waals surface area (Å²) in [6.07, 6.45) is 0. The van der Waals surface area contributed by atoms with Crippen LogP contribution in [0.25, 0.3) is 0 Å². The maximum absolute atomic E-state index is 10.8. The van der Waals surface area contributed by atoms with Crippen molar-refractivity contribution in [2.75, 3.05) is 0 Å². The van der Waals surface area contributed by atoms with Crippen LogP contribution < -0.4 is 5.11 Å². The molecule has 1 rings (SSSR count). The van der Waals surface area contributed by atoms with Crippen molar-refractivity contribution in [2.24, 2.45) is 0 Å².